The first-order valence-corrected chi connectivity index (χ1v) is 11.0. The van der Waals surface area contributed by atoms with E-state index < -0.39 is 16.1 Å². The van der Waals surface area contributed by atoms with Crippen LogP contribution in [0.1, 0.15) is 40.8 Å². The zero-order valence-corrected chi connectivity index (χ0v) is 17.5. The fourth-order valence-electron chi connectivity index (χ4n) is 3.52. The van der Waals surface area contributed by atoms with Gasteiger partial charge in [0.15, 0.2) is 5.03 Å². The van der Waals surface area contributed by atoms with Gasteiger partial charge in [-0.1, -0.05) is 18.2 Å². The van der Waals surface area contributed by atoms with Crippen molar-refractivity contribution >= 4 is 21.6 Å². The number of benzene rings is 1. The Labute approximate surface area is 174 Å². The van der Waals surface area contributed by atoms with E-state index in [1.807, 2.05) is 18.2 Å². The summed E-state index contributed by atoms with van der Waals surface area (Å²) in [6.07, 6.45) is 5.71. The van der Waals surface area contributed by atoms with Crippen LogP contribution in [-0.4, -0.2) is 44.7 Å². The molecule has 3 heterocycles. The number of anilines is 1. The number of sulfonamides is 1. The first-order chi connectivity index (χ1) is 14.4. The van der Waals surface area contributed by atoms with Crippen molar-refractivity contribution in [2.45, 2.75) is 30.8 Å². The second-order valence-electron chi connectivity index (χ2n) is 7.20. The molecule has 4 rings (SSSR count). The maximum atomic E-state index is 13.0. The molecule has 0 unspecified atom stereocenters. The summed E-state index contributed by atoms with van der Waals surface area (Å²) in [7, 11) is -2.03. The SMILES string of the molecule is Cc1nc([C@@H]2CCCN2S(=O)(=O)c2cn(C)cn2)ncc1C(=O)Nc1ccccc1. The van der Waals surface area contributed by atoms with Gasteiger partial charge in [-0.05, 0) is 31.9 Å². The molecule has 3 aromatic rings. The van der Waals surface area contributed by atoms with Gasteiger partial charge in [0.1, 0.15) is 5.82 Å². The van der Waals surface area contributed by atoms with Crippen molar-refractivity contribution in [3.63, 3.8) is 0 Å². The number of nitrogens with one attached hydrogen (secondary N) is 1. The molecule has 1 aliphatic heterocycles. The minimum Gasteiger partial charge on any atom is -0.339 e. The van der Waals surface area contributed by atoms with Crippen LogP contribution in [0, 0.1) is 6.92 Å². The van der Waals surface area contributed by atoms with E-state index in [0.29, 0.717) is 42.2 Å². The number of hydrogen-bond acceptors (Lipinski definition) is 6. The Hall–Kier alpha value is -3.11. The van der Waals surface area contributed by atoms with Gasteiger partial charge in [0.05, 0.1) is 23.6 Å². The third-order valence-electron chi connectivity index (χ3n) is 5.03. The highest BCUT2D eigenvalue weighted by molar-refractivity contribution is 7.89. The molecule has 10 heteroatoms. The fraction of sp³-hybridized carbons (Fsp3) is 0.300. The number of aromatic nitrogens is 4. The predicted octanol–water partition coefficient (Wildman–Crippen LogP) is 2.30. The molecular formula is C20H22N6O3S. The van der Waals surface area contributed by atoms with Crippen LogP contribution in [0.2, 0.25) is 0 Å². The number of nitrogens with zero attached hydrogens (tertiary/aromatic N) is 5. The van der Waals surface area contributed by atoms with Crippen LogP contribution in [0.15, 0.2) is 54.1 Å². The highest BCUT2D eigenvalue weighted by Gasteiger charge is 2.39. The predicted molar refractivity (Wildman–Crippen MR) is 110 cm³/mol. The maximum absolute atomic E-state index is 13.0. The van der Waals surface area contributed by atoms with E-state index in [2.05, 4.69) is 20.3 Å². The molecule has 0 spiro atoms. The summed E-state index contributed by atoms with van der Waals surface area (Å²) in [4.78, 5) is 25.4. The molecular weight excluding hydrogens is 404 g/mol. The summed E-state index contributed by atoms with van der Waals surface area (Å²) >= 11 is 0. The van der Waals surface area contributed by atoms with Gasteiger partial charge in [0.2, 0.25) is 0 Å². The highest BCUT2D eigenvalue weighted by atomic mass is 32.2. The first-order valence-electron chi connectivity index (χ1n) is 9.56. The second kappa shape index (κ2) is 7.96. The number of carbonyl (C=O) groups is 1. The molecule has 0 aliphatic carbocycles. The standard InChI is InChI=1S/C20H22N6O3S/c1-14-16(20(27)24-15-7-4-3-5-8-15)11-21-19(23-14)17-9-6-10-26(17)30(28,29)18-12-25(2)13-22-18/h3-5,7-8,11-13,17H,6,9-10H2,1-2H3,(H,24,27)/t17-/m0/s1. The van der Waals surface area contributed by atoms with Gasteiger partial charge in [-0.15, -0.1) is 0 Å². The Kier molecular flexibility index (Phi) is 5.35. The number of imidazole rings is 1. The molecule has 1 saturated heterocycles. The molecule has 0 saturated carbocycles. The van der Waals surface area contributed by atoms with E-state index in [0.717, 1.165) is 0 Å². The molecule has 1 amide bonds. The normalized spacial score (nSPS) is 17.2. The average Bonchev–Trinajstić information content (AvgIpc) is 3.38. The molecule has 1 aromatic carbocycles. The zero-order valence-electron chi connectivity index (χ0n) is 16.7. The molecule has 2 aromatic heterocycles. The van der Waals surface area contributed by atoms with Gasteiger partial charge in [-0.2, -0.15) is 4.31 Å². The lowest BCUT2D eigenvalue weighted by Crippen LogP contribution is -2.32. The molecule has 0 radical (unpaired) electrons. The lowest BCUT2D eigenvalue weighted by molar-refractivity contribution is 0.102. The van der Waals surface area contributed by atoms with E-state index >= 15 is 0 Å². The molecule has 9 nitrogen and oxygen atoms in total. The summed E-state index contributed by atoms with van der Waals surface area (Å²) in [5.41, 5.74) is 1.52. The molecule has 30 heavy (non-hydrogen) atoms. The Bertz CT molecular complexity index is 1180. The fourth-order valence-corrected chi connectivity index (χ4v) is 5.14. The summed E-state index contributed by atoms with van der Waals surface area (Å²) in [5.74, 6) is 0.0791. The van der Waals surface area contributed by atoms with E-state index in [1.54, 1.807) is 30.7 Å². The average molecular weight is 427 g/mol. The Balaban J connectivity index is 1.58. The summed E-state index contributed by atoms with van der Waals surface area (Å²) in [6.45, 7) is 2.10. The molecule has 1 N–H and O–H groups in total. The number of hydrogen-bond donors (Lipinski definition) is 1. The van der Waals surface area contributed by atoms with Crippen molar-refractivity contribution in [2.24, 2.45) is 7.05 Å². The van der Waals surface area contributed by atoms with Gasteiger partial charge in [0, 0.05) is 31.7 Å². The third kappa shape index (κ3) is 3.83. The molecule has 1 atom stereocenters. The Morgan fingerprint density at radius 2 is 1.97 bits per heavy atom. The number of carbonyl (C=O) groups excluding carboxylic acids is 1. The molecule has 1 fully saturated rings. The van der Waals surface area contributed by atoms with Gasteiger partial charge in [0.25, 0.3) is 15.9 Å². The Morgan fingerprint density at radius 3 is 2.63 bits per heavy atom. The van der Waals surface area contributed by atoms with E-state index in [1.165, 1.54) is 23.0 Å². The van der Waals surface area contributed by atoms with E-state index in [9.17, 15) is 13.2 Å². The zero-order chi connectivity index (χ0) is 21.3. The van der Waals surface area contributed by atoms with Crippen LogP contribution in [-0.2, 0) is 17.1 Å². The van der Waals surface area contributed by atoms with Crippen molar-refractivity contribution in [3.8, 4) is 0 Å². The van der Waals surface area contributed by atoms with Gasteiger partial charge in [-0.25, -0.2) is 23.4 Å². The summed E-state index contributed by atoms with van der Waals surface area (Å²) in [5, 5.41) is 2.82. The van der Waals surface area contributed by atoms with Crippen LogP contribution < -0.4 is 5.32 Å². The number of para-hydroxylation sites is 1. The second-order valence-corrected chi connectivity index (χ2v) is 9.04. The van der Waals surface area contributed by atoms with E-state index in [4.69, 9.17) is 0 Å². The van der Waals surface area contributed by atoms with Crippen molar-refractivity contribution in [2.75, 3.05) is 11.9 Å². The lowest BCUT2D eigenvalue weighted by Gasteiger charge is -2.22. The van der Waals surface area contributed by atoms with Crippen molar-refractivity contribution in [3.05, 3.63) is 66.1 Å². The first kappa shape index (κ1) is 20.2. The van der Waals surface area contributed by atoms with Crippen molar-refractivity contribution < 1.29 is 13.2 Å². The topological polar surface area (TPSA) is 110 Å². The lowest BCUT2D eigenvalue weighted by atomic mass is 10.2. The minimum atomic E-state index is -3.75. The van der Waals surface area contributed by atoms with Crippen molar-refractivity contribution in [1.29, 1.82) is 0 Å². The molecule has 156 valence electrons. The van der Waals surface area contributed by atoms with Crippen LogP contribution in [0.5, 0.6) is 0 Å². The van der Waals surface area contributed by atoms with Crippen LogP contribution >= 0.6 is 0 Å². The van der Waals surface area contributed by atoms with Gasteiger partial charge in [-0.3, -0.25) is 4.79 Å². The third-order valence-corrected chi connectivity index (χ3v) is 6.82. The van der Waals surface area contributed by atoms with Gasteiger partial charge >= 0.3 is 0 Å². The quantitative estimate of drug-likeness (QED) is 0.670. The summed E-state index contributed by atoms with van der Waals surface area (Å²) in [6, 6.07) is 8.63. The number of aryl methyl sites for hydroxylation is 2. The van der Waals surface area contributed by atoms with Crippen molar-refractivity contribution in [1.82, 2.24) is 23.8 Å². The molecule has 1 aliphatic rings. The van der Waals surface area contributed by atoms with E-state index in [-0.39, 0.29) is 10.9 Å². The Morgan fingerprint density at radius 1 is 1.20 bits per heavy atom. The monoisotopic (exact) mass is 426 g/mol. The van der Waals surface area contributed by atoms with Crippen LogP contribution in [0.3, 0.4) is 0 Å². The van der Waals surface area contributed by atoms with Crippen LogP contribution in [0.4, 0.5) is 5.69 Å². The summed E-state index contributed by atoms with van der Waals surface area (Å²) < 4.78 is 29.0. The largest absolute Gasteiger partial charge is 0.339 e. The maximum Gasteiger partial charge on any atom is 0.262 e. The minimum absolute atomic E-state index is 0.00693. The smallest absolute Gasteiger partial charge is 0.262 e. The number of rotatable bonds is 5. The van der Waals surface area contributed by atoms with Gasteiger partial charge < -0.3 is 9.88 Å². The molecule has 0 bridgehead atoms. The van der Waals surface area contributed by atoms with Crippen LogP contribution in [0.25, 0.3) is 0 Å². The highest BCUT2D eigenvalue weighted by Crippen LogP contribution is 2.34. The number of amides is 1.